The largest absolute Gasteiger partial charge is 0.294 e. The van der Waals surface area contributed by atoms with Crippen molar-refractivity contribution in [3.05, 3.63) is 53.1 Å². The van der Waals surface area contributed by atoms with Gasteiger partial charge in [-0.3, -0.25) is 9.59 Å². The fourth-order valence-corrected chi connectivity index (χ4v) is 2.40. The molecular weight excluding hydrogens is 200 g/mol. The molecule has 78 valence electrons. The second-order valence-electron chi connectivity index (χ2n) is 4.10. The van der Waals surface area contributed by atoms with Crippen LogP contribution in [0.15, 0.2) is 36.4 Å². The Morgan fingerprint density at radius 1 is 1.06 bits per heavy atom. The molecule has 1 unspecified atom stereocenters. The van der Waals surface area contributed by atoms with E-state index in [0.29, 0.717) is 12.0 Å². The molecule has 0 radical (unpaired) electrons. The number of allylic oxidation sites excluding steroid dienone is 3. The van der Waals surface area contributed by atoms with Crippen LogP contribution >= 0.6 is 0 Å². The third kappa shape index (κ3) is 1.20. The minimum atomic E-state index is -0.168. The molecule has 3 rings (SSSR count). The van der Waals surface area contributed by atoms with Gasteiger partial charge >= 0.3 is 0 Å². The molecule has 0 heterocycles. The third-order valence-electron chi connectivity index (χ3n) is 3.17. The van der Waals surface area contributed by atoms with Crippen molar-refractivity contribution in [3.63, 3.8) is 0 Å². The van der Waals surface area contributed by atoms with Crippen molar-refractivity contribution in [1.29, 1.82) is 0 Å². The molecular formula is C14H10O2. The molecule has 1 atom stereocenters. The van der Waals surface area contributed by atoms with Crippen LogP contribution in [0, 0.1) is 0 Å². The highest BCUT2D eigenvalue weighted by Gasteiger charge is 2.28. The van der Waals surface area contributed by atoms with Gasteiger partial charge in [0, 0.05) is 5.56 Å². The minimum absolute atomic E-state index is 0.0314. The maximum absolute atomic E-state index is 11.9. The van der Waals surface area contributed by atoms with Crippen LogP contribution in [0.4, 0.5) is 0 Å². The van der Waals surface area contributed by atoms with Crippen LogP contribution in [0.2, 0.25) is 0 Å². The van der Waals surface area contributed by atoms with Gasteiger partial charge in [-0.15, -0.1) is 0 Å². The van der Waals surface area contributed by atoms with Gasteiger partial charge in [0.2, 0.25) is 0 Å². The summed E-state index contributed by atoms with van der Waals surface area (Å²) in [5.74, 6) is -0.203. The first-order valence-electron chi connectivity index (χ1n) is 5.33. The van der Waals surface area contributed by atoms with E-state index in [-0.39, 0.29) is 17.5 Å². The summed E-state index contributed by atoms with van der Waals surface area (Å²) in [6, 6.07) is 5.62. The Labute approximate surface area is 93.3 Å². The van der Waals surface area contributed by atoms with Crippen LogP contribution in [0.3, 0.4) is 0 Å². The molecule has 2 aliphatic carbocycles. The van der Waals surface area contributed by atoms with Crippen LogP contribution in [-0.4, -0.2) is 11.6 Å². The summed E-state index contributed by atoms with van der Waals surface area (Å²) in [5, 5.41) is 0. The predicted octanol–water partition coefficient (Wildman–Crippen LogP) is 2.51. The van der Waals surface area contributed by atoms with Crippen LogP contribution in [0.5, 0.6) is 0 Å². The monoisotopic (exact) mass is 210 g/mol. The van der Waals surface area contributed by atoms with Crippen molar-refractivity contribution in [3.8, 4) is 0 Å². The highest BCUT2D eigenvalue weighted by Crippen LogP contribution is 2.35. The van der Waals surface area contributed by atoms with Crippen LogP contribution in [0.25, 0.3) is 6.08 Å². The predicted molar refractivity (Wildman–Crippen MR) is 61.3 cm³/mol. The molecule has 2 nitrogen and oxygen atoms in total. The zero-order valence-electron chi connectivity index (χ0n) is 8.64. The molecule has 0 aliphatic heterocycles. The molecule has 0 spiro atoms. The standard InChI is InChI=1S/C14H10O2/c15-12-7-8-13(16)11-6-2-4-9-3-1-5-10(12)14(9)11/h1-5,7-8,11H,6H2. The fraction of sp³-hybridized carbons (Fsp3) is 0.143. The molecule has 0 bridgehead atoms. The molecule has 0 saturated carbocycles. The Morgan fingerprint density at radius 3 is 2.81 bits per heavy atom. The molecule has 1 aromatic carbocycles. The van der Waals surface area contributed by atoms with Gasteiger partial charge in [-0.25, -0.2) is 0 Å². The summed E-state index contributed by atoms with van der Waals surface area (Å²) in [5.41, 5.74) is 2.58. The minimum Gasteiger partial charge on any atom is -0.294 e. The van der Waals surface area contributed by atoms with E-state index >= 15 is 0 Å². The van der Waals surface area contributed by atoms with Crippen LogP contribution in [-0.2, 0) is 4.79 Å². The molecule has 0 saturated heterocycles. The van der Waals surface area contributed by atoms with E-state index in [1.807, 2.05) is 24.3 Å². The normalized spacial score (nSPS) is 21.9. The van der Waals surface area contributed by atoms with Gasteiger partial charge < -0.3 is 0 Å². The number of benzene rings is 1. The first-order chi connectivity index (χ1) is 7.77. The SMILES string of the molecule is O=C1C=CC(=O)C2CC=Cc3cccc1c32. The Hall–Kier alpha value is -1.96. The molecule has 0 amide bonds. The topological polar surface area (TPSA) is 34.1 Å². The van der Waals surface area contributed by atoms with Crippen LogP contribution in [0.1, 0.15) is 33.8 Å². The molecule has 0 fully saturated rings. The third-order valence-corrected chi connectivity index (χ3v) is 3.17. The average molecular weight is 210 g/mol. The summed E-state index contributed by atoms with van der Waals surface area (Å²) in [7, 11) is 0. The van der Waals surface area contributed by atoms with Gasteiger partial charge in [-0.2, -0.15) is 0 Å². The molecule has 0 N–H and O–H groups in total. The number of carbonyl (C=O) groups is 2. The molecule has 2 heteroatoms. The van der Waals surface area contributed by atoms with Gasteiger partial charge in [0.1, 0.15) is 0 Å². The van der Waals surface area contributed by atoms with E-state index in [1.54, 1.807) is 6.07 Å². The molecule has 2 aliphatic rings. The van der Waals surface area contributed by atoms with Gasteiger partial charge in [0.15, 0.2) is 11.6 Å². The number of carbonyl (C=O) groups excluding carboxylic acids is 2. The van der Waals surface area contributed by atoms with Gasteiger partial charge in [-0.05, 0) is 29.7 Å². The van der Waals surface area contributed by atoms with Crippen molar-refractivity contribution in [2.45, 2.75) is 12.3 Å². The Morgan fingerprint density at radius 2 is 1.94 bits per heavy atom. The second-order valence-corrected chi connectivity index (χ2v) is 4.10. The van der Waals surface area contributed by atoms with Crippen molar-refractivity contribution in [2.24, 2.45) is 0 Å². The number of hydrogen-bond acceptors (Lipinski definition) is 2. The second kappa shape index (κ2) is 3.27. The number of hydrogen-bond donors (Lipinski definition) is 0. The van der Waals surface area contributed by atoms with Crippen molar-refractivity contribution < 1.29 is 9.59 Å². The van der Waals surface area contributed by atoms with E-state index in [1.165, 1.54) is 12.2 Å². The zero-order chi connectivity index (χ0) is 11.1. The molecule has 16 heavy (non-hydrogen) atoms. The lowest BCUT2D eigenvalue weighted by Gasteiger charge is -2.20. The first-order valence-corrected chi connectivity index (χ1v) is 5.33. The fourth-order valence-electron chi connectivity index (χ4n) is 2.40. The Kier molecular flexibility index (Phi) is 1.90. The van der Waals surface area contributed by atoms with E-state index in [0.717, 1.165) is 11.1 Å². The lowest BCUT2D eigenvalue weighted by atomic mass is 9.82. The van der Waals surface area contributed by atoms with Crippen molar-refractivity contribution in [2.75, 3.05) is 0 Å². The number of ketones is 2. The van der Waals surface area contributed by atoms with Gasteiger partial charge in [0.05, 0.1) is 5.92 Å². The van der Waals surface area contributed by atoms with E-state index in [9.17, 15) is 9.59 Å². The zero-order valence-corrected chi connectivity index (χ0v) is 8.64. The summed E-state index contributed by atoms with van der Waals surface area (Å²) in [6.07, 6.45) is 7.48. The maximum Gasteiger partial charge on any atom is 0.186 e. The maximum atomic E-state index is 11.9. The summed E-state index contributed by atoms with van der Waals surface area (Å²) >= 11 is 0. The van der Waals surface area contributed by atoms with E-state index in [2.05, 4.69) is 0 Å². The number of rotatable bonds is 0. The summed E-state index contributed by atoms with van der Waals surface area (Å²) < 4.78 is 0. The van der Waals surface area contributed by atoms with Crippen molar-refractivity contribution >= 4 is 17.6 Å². The van der Waals surface area contributed by atoms with Gasteiger partial charge in [-0.1, -0.05) is 30.4 Å². The van der Waals surface area contributed by atoms with E-state index in [4.69, 9.17) is 0 Å². The quantitative estimate of drug-likeness (QED) is 0.659. The highest BCUT2D eigenvalue weighted by atomic mass is 16.1. The lowest BCUT2D eigenvalue weighted by Crippen LogP contribution is -2.14. The summed E-state index contributed by atoms with van der Waals surface area (Å²) in [6.45, 7) is 0. The van der Waals surface area contributed by atoms with Crippen molar-refractivity contribution in [1.82, 2.24) is 0 Å². The highest BCUT2D eigenvalue weighted by molar-refractivity contribution is 6.14. The molecule has 1 aromatic rings. The lowest BCUT2D eigenvalue weighted by molar-refractivity contribution is -0.115. The van der Waals surface area contributed by atoms with Gasteiger partial charge in [0.25, 0.3) is 0 Å². The van der Waals surface area contributed by atoms with Crippen LogP contribution < -0.4 is 0 Å². The average Bonchev–Trinajstić information content (AvgIpc) is 2.44. The van der Waals surface area contributed by atoms with E-state index < -0.39 is 0 Å². The Balaban J connectivity index is 2.34. The first kappa shape index (κ1) is 9.28. The smallest absolute Gasteiger partial charge is 0.186 e. The Bertz CT molecular complexity index is 550. The summed E-state index contributed by atoms with van der Waals surface area (Å²) in [4.78, 5) is 23.7. The molecule has 0 aromatic heterocycles.